The third-order valence-corrected chi connectivity index (χ3v) is 3.58. The van der Waals surface area contributed by atoms with Gasteiger partial charge in [-0.05, 0) is 18.6 Å². The van der Waals surface area contributed by atoms with E-state index in [0.29, 0.717) is 37.1 Å². The fourth-order valence-electron chi connectivity index (χ4n) is 2.34. The number of fused-ring (bicyclic) bond motifs is 1. The molecular weight excluding hydrogens is 288 g/mol. The van der Waals surface area contributed by atoms with Crippen molar-refractivity contribution < 1.29 is 23.7 Å². The highest BCUT2D eigenvalue weighted by atomic mass is 16.7. The second-order valence-corrected chi connectivity index (χ2v) is 5.23. The van der Waals surface area contributed by atoms with Gasteiger partial charge in [0.25, 0.3) is 0 Å². The summed E-state index contributed by atoms with van der Waals surface area (Å²) in [5, 5.41) is 5.59. The Morgan fingerprint density at radius 3 is 3.05 bits per heavy atom. The lowest BCUT2D eigenvalue weighted by atomic mass is 10.1. The van der Waals surface area contributed by atoms with Crippen LogP contribution < -0.4 is 24.8 Å². The van der Waals surface area contributed by atoms with E-state index in [-0.39, 0.29) is 12.8 Å². The normalized spacial score (nSPS) is 19.0. The first kappa shape index (κ1) is 14.8. The van der Waals surface area contributed by atoms with Crippen molar-refractivity contribution in [1.82, 2.24) is 10.6 Å². The van der Waals surface area contributed by atoms with Gasteiger partial charge in [0.1, 0.15) is 12.4 Å². The molecule has 1 fully saturated rings. The van der Waals surface area contributed by atoms with Crippen LogP contribution in [-0.2, 0) is 4.74 Å². The summed E-state index contributed by atoms with van der Waals surface area (Å²) in [6.45, 7) is 3.23. The minimum atomic E-state index is -0.179. The Balaban J connectivity index is 1.30. The van der Waals surface area contributed by atoms with E-state index in [1.165, 1.54) is 0 Å². The lowest BCUT2D eigenvalue weighted by Gasteiger charge is -2.11. The average molecular weight is 308 g/mol. The molecule has 2 heterocycles. The standard InChI is InChI=1S/C15H20N2O5/c18-15(17-8-11-3-5-19-9-11)16-4-6-20-12-1-2-13-14(7-12)22-10-21-13/h1-2,7,11H,3-6,8-10H2,(H2,16,17,18)/t11-/m1/s1. The second-order valence-electron chi connectivity index (χ2n) is 5.23. The van der Waals surface area contributed by atoms with Gasteiger partial charge in [0.15, 0.2) is 11.5 Å². The summed E-state index contributed by atoms with van der Waals surface area (Å²) >= 11 is 0. The largest absolute Gasteiger partial charge is 0.492 e. The van der Waals surface area contributed by atoms with Gasteiger partial charge in [0.05, 0.1) is 13.2 Å². The van der Waals surface area contributed by atoms with Gasteiger partial charge in [-0.15, -0.1) is 0 Å². The van der Waals surface area contributed by atoms with Gasteiger partial charge in [-0.1, -0.05) is 0 Å². The SMILES string of the molecule is O=C(NCCOc1ccc2c(c1)OCO2)NC[C@H]1CCOC1. The van der Waals surface area contributed by atoms with Crippen LogP contribution in [0.5, 0.6) is 17.2 Å². The number of urea groups is 1. The van der Waals surface area contributed by atoms with Crippen LogP contribution in [0.3, 0.4) is 0 Å². The molecule has 7 nitrogen and oxygen atoms in total. The van der Waals surface area contributed by atoms with E-state index in [2.05, 4.69) is 10.6 Å². The first-order valence-electron chi connectivity index (χ1n) is 7.43. The molecule has 0 radical (unpaired) electrons. The molecule has 3 rings (SSSR count). The molecule has 120 valence electrons. The summed E-state index contributed by atoms with van der Waals surface area (Å²) in [6, 6.07) is 5.22. The summed E-state index contributed by atoms with van der Waals surface area (Å²) in [4.78, 5) is 11.6. The first-order valence-corrected chi connectivity index (χ1v) is 7.43. The molecule has 22 heavy (non-hydrogen) atoms. The third-order valence-electron chi connectivity index (χ3n) is 3.58. The van der Waals surface area contributed by atoms with Gasteiger partial charge in [0, 0.05) is 25.1 Å². The van der Waals surface area contributed by atoms with E-state index in [9.17, 15) is 4.79 Å². The van der Waals surface area contributed by atoms with E-state index >= 15 is 0 Å². The van der Waals surface area contributed by atoms with Crippen molar-refractivity contribution in [3.05, 3.63) is 18.2 Å². The average Bonchev–Trinajstić information content (AvgIpc) is 3.20. The van der Waals surface area contributed by atoms with Crippen molar-refractivity contribution in [3.8, 4) is 17.2 Å². The van der Waals surface area contributed by atoms with Crippen LogP contribution in [-0.4, -0.2) is 45.7 Å². The molecule has 0 saturated carbocycles. The Kier molecular flexibility index (Phi) is 4.85. The predicted molar refractivity (Wildman–Crippen MR) is 78.4 cm³/mol. The third kappa shape index (κ3) is 3.94. The van der Waals surface area contributed by atoms with Gasteiger partial charge in [0.2, 0.25) is 6.79 Å². The zero-order chi connectivity index (χ0) is 15.2. The maximum atomic E-state index is 11.6. The molecule has 0 bridgehead atoms. The predicted octanol–water partition coefficient (Wildman–Crippen LogP) is 1.13. The Morgan fingerprint density at radius 1 is 1.27 bits per heavy atom. The van der Waals surface area contributed by atoms with Crippen LogP contribution in [0.2, 0.25) is 0 Å². The number of nitrogens with one attached hydrogen (secondary N) is 2. The lowest BCUT2D eigenvalue weighted by Crippen LogP contribution is -2.40. The highest BCUT2D eigenvalue weighted by Gasteiger charge is 2.16. The zero-order valence-corrected chi connectivity index (χ0v) is 12.3. The fraction of sp³-hybridized carbons (Fsp3) is 0.533. The molecule has 1 aromatic carbocycles. The van der Waals surface area contributed by atoms with Crippen LogP contribution in [0.25, 0.3) is 0 Å². The van der Waals surface area contributed by atoms with Crippen molar-refractivity contribution in [2.24, 2.45) is 5.92 Å². The Hall–Kier alpha value is -2.15. The number of amides is 2. The number of hydrogen-bond acceptors (Lipinski definition) is 5. The summed E-state index contributed by atoms with van der Waals surface area (Å²) < 4.78 is 21.3. The Labute approximate surface area is 128 Å². The number of ether oxygens (including phenoxy) is 4. The van der Waals surface area contributed by atoms with Gasteiger partial charge >= 0.3 is 6.03 Å². The molecule has 2 N–H and O–H groups in total. The molecule has 1 saturated heterocycles. The number of carbonyl (C=O) groups excluding carboxylic acids is 1. The Morgan fingerprint density at radius 2 is 2.18 bits per heavy atom. The molecule has 0 spiro atoms. The molecule has 0 aromatic heterocycles. The minimum absolute atomic E-state index is 0.179. The quantitative estimate of drug-likeness (QED) is 0.770. The molecule has 0 aliphatic carbocycles. The van der Waals surface area contributed by atoms with Crippen LogP contribution >= 0.6 is 0 Å². The summed E-state index contributed by atoms with van der Waals surface area (Å²) in [5.74, 6) is 2.52. The number of hydrogen-bond donors (Lipinski definition) is 2. The maximum absolute atomic E-state index is 11.6. The highest BCUT2D eigenvalue weighted by Crippen LogP contribution is 2.34. The van der Waals surface area contributed by atoms with Crippen molar-refractivity contribution in [2.45, 2.75) is 6.42 Å². The number of benzene rings is 1. The highest BCUT2D eigenvalue weighted by molar-refractivity contribution is 5.73. The van der Waals surface area contributed by atoms with E-state index in [1.54, 1.807) is 6.07 Å². The molecule has 2 aliphatic heterocycles. The molecule has 0 unspecified atom stereocenters. The van der Waals surface area contributed by atoms with Gasteiger partial charge in [-0.3, -0.25) is 0 Å². The van der Waals surface area contributed by atoms with Crippen LogP contribution in [0.1, 0.15) is 6.42 Å². The van der Waals surface area contributed by atoms with E-state index in [4.69, 9.17) is 18.9 Å². The maximum Gasteiger partial charge on any atom is 0.314 e. The second kappa shape index (κ2) is 7.22. The van der Waals surface area contributed by atoms with Crippen LogP contribution in [0, 0.1) is 5.92 Å². The monoisotopic (exact) mass is 308 g/mol. The van der Waals surface area contributed by atoms with Crippen molar-refractivity contribution in [2.75, 3.05) is 39.7 Å². The van der Waals surface area contributed by atoms with Crippen LogP contribution in [0.15, 0.2) is 18.2 Å². The van der Waals surface area contributed by atoms with E-state index in [1.807, 2.05) is 12.1 Å². The van der Waals surface area contributed by atoms with Gasteiger partial charge < -0.3 is 29.6 Å². The molecular formula is C15H20N2O5. The van der Waals surface area contributed by atoms with E-state index in [0.717, 1.165) is 25.4 Å². The smallest absolute Gasteiger partial charge is 0.314 e. The summed E-state index contributed by atoms with van der Waals surface area (Å²) in [6.07, 6.45) is 1.01. The molecule has 1 atom stereocenters. The summed E-state index contributed by atoms with van der Waals surface area (Å²) in [5.41, 5.74) is 0. The van der Waals surface area contributed by atoms with Crippen molar-refractivity contribution in [1.29, 1.82) is 0 Å². The molecule has 2 amide bonds. The molecule has 7 heteroatoms. The Bertz CT molecular complexity index is 517. The first-order chi connectivity index (χ1) is 10.8. The van der Waals surface area contributed by atoms with Crippen molar-refractivity contribution >= 4 is 6.03 Å². The van der Waals surface area contributed by atoms with Gasteiger partial charge in [-0.2, -0.15) is 0 Å². The van der Waals surface area contributed by atoms with E-state index < -0.39 is 0 Å². The van der Waals surface area contributed by atoms with Crippen LogP contribution in [0.4, 0.5) is 4.79 Å². The fourth-order valence-corrected chi connectivity index (χ4v) is 2.34. The van der Waals surface area contributed by atoms with Crippen molar-refractivity contribution in [3.63, 3.8) is 0 Å². The number of carbonyl (C=O) groups is 1. The topological polar surface area (TPSA) is 78.1 Å². The lowest BCUT2D eigenvalue weighted by molar-refractivity contribution is 0.173. The van der Waals surface area contributed by atoms with Gasteiger partial charge in [-0.25, -0.2) is 4.79 Å². The minimum Gasteiger partial charge on any atom is -0.492 e. The summed E-state index contributed by atoms with van der Waals surface area (Å²) in [7, 11) is 0. The zero-order valence-electron chi connectivity index (χ0n) is 12.3. The molecule has 2 aliphatic rings. The number of rotatable bonds is 6. The molecule has 1 aromatic rings.